The van der Waals surface area contributed by atoms with Crippen LogP contribution in [0.25, 0.3) is 11.0 Å². The molecule has 0 saturated carbocycles. The van der Waals surface area contributed by atoms with E-state index in [-0.39, 0.29) is 31.2 Å². The largest absolute Gasteiger partial charge is 0.464 e. The molecule has 0 amide bonds. The fourth-order valence-electron chi connectivity index (χ4n) is 4.48. The highest BCUT2D eigenvalue weighted by atomic mass is 19.3. The normalized spacial score (nSPS) is 17.5. The van der Waals surface area contributed by atoms with E-state index >= 15 is 0 Å². The van der Waals surface area contributed by atoms with Crippen molar-refractivity contribution in [3.05, 3.63) is 64.1 Å². The lowest BCUT2D eigenvalue weighted by atomic mass is 10.0. The molecule has 0 radical (unpaired) electrons. The highest BCUT2D eigenvalue weighted by Gasteiger charge is 2.34. The SMILES string of the molecule is CCOC(=O)C(C)n1c(=O)ccc2cnc(N[C@@H](C)c3ccc(CN4CCCC(F)(F)C4)cc3)nc21. The molecule has 192 valence electrons. The van der Waals surface area contributed by atoms with Crippen molar-refractivity contribution in [1.29, 1.82) is 0 Å². The Balaban J connectivity index is 1.49. The summed E-state index contributed by atoms with van der Waals surface area (Å²) in [6.45, 7) is 6.43. The van der Waals surface area contributed by atoms with E-state index in [1.165, 1.54) is 10.6 Å². The van der Waals surface area contributed by atoms with E-state index in [1.54, 1.807) is 31.0 Å². The number of rotatable bonds is 8. The van der Waals surface area contributed by atoms with E-state index in [1.807, 2.05) is 31.2 Å². The fourth-order valence-corrected chi connectivity index (χ4v) is 4.48. The Hall–Kier alpha value is -3.40. The zero-order valence-electron chi connectivity index (χ0n) is 20.7. The fraction of sp³-hybridized carbons (Fsp3) is 0.462. The molecule has 3 heterocycles. The van der Waals surface area contributed by atoms with Gasteiger partial charge in [-0.2, -0.15) is 4.98 Å². The summed E-state index contributed by atoms with van der Waals surface area (Å²) in [4.78, 5) is 35.6. The van der Waals surface area contributed by atoms with E-state index in [2.05, 4.69) is 15.3 Å². The van der Waals surface area contributed by atoms with Gasteiger partial charge in [-0.25, -0.2) is 18.6 Å². The summed E-state index contributed by atoms with van der Waals surface area (Å²) < 4.78 is 33.8. The minimum absolute atomic E-state index is 0.0413. The van der Waals surface area contributed by atoms with Crippen molar-refractivity contribution >= 4 is 23.0 Å². The van der Waals surface area contributed by atoms with Crippen LogP contribution in [-0.2, 0) is 16.1 Å². The molecule has 0 bridgehead atoms. The summed E-state index contributed by atoms with van der Waals surface area (Å²) in [5.41, 5.74) is 1.92. The zero-order chi connectivity index (χ0) is 25.9. The van der Waals surface area contributed by atoms with E-state index in [4.69, 9.17) is 4.74 Å². The molecule has 3 aromatic rings. The number of carbonyl (C=O) groups is 1. The number of alkyl halides is 2. The summed E-state index contributed by atoms with van der Waals surface area (Å²) >= 11 is 0. The molecule has 10 heteroatoms. The molecule has 1 aliphatic rings. The lowest BCUT2D eigenvalue weighted by molar-refractivity contribution is -0.146. The minimum Gasteiger partial charge on any atom is -0.464 e. The Morgan fingerprint density at radius 2 is 1.94 bits per heavy atom. The third-order valence-corrected chi connectivity index (χ3v) is 6.39. The number of halogens is 2. The number of hydrogen-bond acceptors (Lipinski definition) is 7. The van der Waals surface area contributed by atoms with Gasteiger partial charge in [-0.15, -0.1) is 0 Å². The van der Waals surface area contributed by atoms with Gasteiger partial charge in [0.2, 0.25) is 5.95 Å². The van der Waals surface area contributed by atoms with Crippen molar-refractivity contribution in [2.45, 2.75) is 58.2 Å². The zero-order valence-corrected chi connectivity index (χ0v) is 20.7. The molecule has 8 nitrogen and oxygen atoms in total. The van der Waals surface area contributed by atoms with E-state index in [0.29, 0.717) is 36.5 Å². The predicted octanol–water partition coefficient (Wildman–Crippen LogP) is 4.32. The van der Waals surface area contributed by atoms with Gasteiger partial charge in [-0.05, 0) is 50.9 Å². The highest BCUT2D eigenvalue weighted by molar-refractivity contribution is 5.79. The topological polar surface area (TPSA) is 89.3 Å². The number of carbonyl (C=O) groups excluding carboxylic acids is 1. The number of anilines is 1. The van der Waals surface area contributed by atoms with Gasteiger partial charge in [0.05, 0.1) is 19.2 Å². The van der Waals surface area contributed by atoms with Crippen molar-refractivity contribution in [2.75, 3.05) is 25.0 Å². The first kappa shape index (κ1) is 25.7. The molecule has 1 N–H and O–H groups in total. The van der Waals surface area contributed by atoms with Crippen LogP contribution in [0.3, 0.4) is 0 Å². The van der Waals surface area contributed by atoms with Crippen LogP contribution in [0.1, 0.15) is 56.8 Å². The molecule has 2 aromatic heterocycles. The van der Waals surface area contributed by atoms with Crippen LogP contribution < -0.4 is 10.9 Å². The van der Waals surface area contributed by atoms with Crippen molar-refractivity contribution in [3.63, 3.8) is 0 Å². The molecular weight excluding hydrogens is 468 g/mol. The Kier molecular flexibility index (Phi) is 7.63. The number of ether oxygens (including phenoxy) is 1. The molecule has 1 fully saturated rings. The van der Waals surface area contributed by atoms with Crippen molar-refractivity contribution in [1.82, 2.24) is 19.4 Å². The maximum atomic E-state index is 13.7. The quantitative estimate of drug-likeness (QED) is 0.462. The second-order valence-corrected chi connectivity index (χ2v) is 9.22. The number of aromatic nitrogens is 3. The monoisotopic (exact) mass is 499 g/mol. The van der Waals surface area contributed by atoms with E-state index in [9.17, 15) is 18.4 Å². The van der Waals surface area contributed by atoms with Crippen LogP contribution in [0.4, 0.5) is 14.7 Å². The third kappa shape index (κ3) is 5.87. The van der Waals surface area contributed by atoms with Crippen LogP contribution in [0, 0.1) is 0 Å². The number of pyridine rings is 1. The molecule has 4 rings (SSSR count). The van der Waals surface area contributed by atoms with Gasteiger partial charge in [-0.1, -0.05) is 24.3 Å². The lowest BCUT2D eigenvalue weighted by Crippen LogP contribution is -2.41. The Morgan fingerprint density at radius 3 is 2.64 bits per heavy atom. The standard InChI is InChI=1S/C26H31F2N5O3/c1-4-36-24(35)18(3)33-22(34)11-10-21-14-29-25(31-23(21)33)30-17(2)20-8-6-19(7-9-20)15-32-13-5-12-26(27,28)16-32/h6-11,14,17-18H,4-5,12-13,15-16H2,1-3H3,(H,29,30,31)/t17-,18?/m0/s1. The van der Waals surface area contributed by atoms with Crippen LogP contribution in [0.15, 0.2) is 47.4 Å². The number of benzene rings is 1. The van der Waals surface area contributed by atoms with Gasteiger partial charge in [0.25, 0.3) is 11.5 Å². The Labute approximate surface area is 208 Å². The van der Waals surface area contributed by atoms with Crippen LogP contribution in [-0.4, -0.2) is 51.0 Å². The summed E-state index contributed by atoms with van der Waals surface area (Å²) in [6, 6.07) is 9.79. The summed E-state index contributed by atoms with van der Waals surface area (Å²) in [5, 5.41) is 3.86. The van der Waals surface area contributed by atoms with E-state index in [0.717, 1.165) is 11.1 Å². The molecule has 1 saturated heterocycles. The van der Waals surface area contributed by atoms with Gasteiger partial charge in [0.15, 0.2) is 0 Å². The maximum absolute atomic E-state index is 13.7. The van der Waals surface area contributed by atoms with Crippen LogP contribution >= 0.6 is 0 Å². The van der Waals surface area contributed by atoms with Gasteiger partial charge in [-0.3, -0.25) is 14.3 Å². The number of likely N-dealkylation sites (tertiary alicyclic amines) is 1. The van der Waals surface area contributed by atoms with Crippen molar-refractivity contribution < 1.29 is 18.3 Å². The first-order chi connectivity index (χ1) is 17.2. The average molecular weight is 500 g/mol. The predicted molar refractivity (Wildman–Crippen MR) is 133 cm³/mol. The van der Waals surface area contributed by atoms with Gasteiger partial charge in [0, 0.05) is 30.6 Å². The number of nitrogens with zero attached hydrogens (tertiary/aromatic N) is 4. The maximum Gasteiger partial charge on any atom is 0.329 e. The molecule has 0 aliphatic carbocycles. The minimum atomic E-state index is -2.62. The van der Waals surface area contributed by atoms with Gasteiger partial charge >= 0.3 is 5.97 Å². The number of fused-ring (bicyclic) bond motifs is 1. The van der Waals surface area contributed by atoms with Crippen LogP contribution in [0.5, 0.6) is 0 Å². The Morgan fingerprint density at radius 1 is 1.19 bits per heavy atom. The smallest absolute Gasteiger partial charge is 0.329 e. The van der Waals surface area contributed by atoms with Crippen LogP contribution in [0.2, 0.25) is 0 Å². The number of nitrogens with one attached hydrogen (secondary N) is 1. The van der Waals surface area contributed by atoms with Gasteiger partial charge in [0.1, 0.15) is 11.7 Å². The Bertz CT molecular complexity index is 1280. The summed E-state index contributed by atoms with van der Waals surface area (Å²) in [7, 11) is 0. The highest BCUT2D eigenvalue weighted by Crippen LogP contribution is 2.28. The molecule has 2 atom stereocenters. The first-order valence-corrected chi connectivity index (χ1v) is 12.2. The summed E-state index contributed by atoms with van der Waals surface area (Å²) in [5.74, 6) is -2.82. The molecule has 1 unspecified atom stereocenters. The van der Waals surface area contributed by atoms with Crippen molar-refractivity contribution in [2.24, 2.45) is 0 Å². The molecular formula is C26H31F2N5O3. The molecule has 1 aromatic carbocycles. The second kappa shape index (κ2) is 10.7. The lowest BCUT2D eigenvalue weighted by Gasteiger charge is -2.32. The average Bonchev–Trinajstić information content (AvgIpc) is 2.83. The molecule has 1 aliphatic heterocycles. The van der Waals surface area contributed by atoms with E-state index < -0.39 is 17.9 Å². The molecule has 36 heavy (non-hydrogen) atoms. The third-order valence-electron chi connectivity index (χ3n) is 6.39. The van der Waals surface area contributed by atoms with Gasteiger partial charge < -0.3 is 10.1 Å². The first-order valence-electron chi connectivity index (χ1n) is 12.2. The molecule has 0 spiro atoms. The number of piperidine rings is 1. The number of esters is 1. The summed E-state index contributed by atoms with van der Waals surface area (Å²) in [6.07, 6.45) is 2.06. The van der Waals surface area contributed by atoms with Crippen molar-refractivity contribution in [3.8, 4) is 0 Å². The number of hydrogen-bond donors (Lipinski definition) is 1. The second-order valence-electron chi connectivity index (χ2n) is 9.22.